The third-order valence-electron chi connectivity index (χ3n) is 4.50. The summed E-state index contributed by atoms with van der Waals surface area (Å²) in [6.07, 6.45) is 0.935. The fourth-order valence-electron chi connectivity index (χ4n) is 2.97. The Bertz CT molecular complexity index is 875. The van der Waals surface area contributed by atoms with Crippen LogP contribution in [-0.2, 0) is 17.9 Å². The molecule has 2 unspecified atom stereocenters. The summed E-state index contributed by atoms with van der Waals surface area (Å²) in [5.41, 5.74) is -0.122. The van der Waals surface area contributed by atoms with Crippen molar-refractivity contribution in [2.45, 2.75) is 19.2 Å². The van der Waals surface area contributed by atoms with E-state index in [2.05, 4.69) is 10.6 Å². The van der Waals surface area contributed by atoms with E-state index in [1.807, 2.05) is 30.3 Å². The van der Waals surface area contributed by atoms with Gasteiger partial charge in [0.15, 0.2) is 0 Å². The van der Waals surface area contributed by atoms with Gasteiger partial charge in [-0.15, -0.1) is 0 Å². The molecule has 2 atom stereocenters. The molecule has 8 heteroatoms. The Kier molecular flexibility index (Phi) is 5.65. The van der Waals surface area contributed by atoms with Gasteiger partial charge >= 0.3 is 5.69 Å². The molecule has 1 aliphatic rings. The summed E-state index contributed by atoms with van der Waals surface area (Å²) in [5.74, 6) is -0.498. The molecule has 8 nitrogen and oxygen atoms in total. The Labute approximate surface area is 150 Å². The number of carbonyl (C=O) groups is 1. The van der Waals surface area contributed by atoms with Gasteiger partial charge in [0, 0.05) is 37.8 Å². The number of hydrogen-bond acceptors (Lipinski definition) is 5. The molecule has 0 saturated carbocycles. The molecular formula is C18H22N4O4. The van der Waals surface area contributed by atoms with Crippen molar-refractivity contribution in [3.63, 3.8) is 0 Å². The van der Waals surface area contributed by atoms with Crippen molar-refractivity contribution < 1.29 is 9.90 Å². The summed E-state index contributed by atoms with van der Waals surface area (Å²) in [5, 5.41) is 15.4. The van der Waals surface area contributed by atoms with E-state index in [1.54, 1.807) is 0 Å². The van der Waals surface area contributed by atoms with Gasteiger partial charge in [-0.3, -0.25) is 18.7 Å². The molecule has 1 saturated heterocycles. The maximum absolute atomic E-state index is 12.5. The van der Waals surface area contributed by atoms with Gasteiger partial charge in [-0.05, 0) is 5.56 Å². The van der Waals surface area contributed by atoms with Crippen LogP contribution in [0.3, 0.4) is 0 Å². The minimum atomic E-state index is -0.529. The zero-order chi connectivity index (χ0) is 18.5. The molecule has 2 aromatic rings. The van der Waals surface area contributed by atoms with E-state index < -0.39 is 23.3 Å². The van der Waals surface area contributed by atoms with Crippen LogP contribution in [0.2, 0.25) is 0 Å². The molecule has 0 radical (unpaired) electrons. The lowest BCUT2D eigenvalue weighted by atomic mass is 10.1. The van der Waals surface area contributed by atoms with E-state index in [0.29, 0.717) is 26.2 Å². The van der Waals surface area contributed by atoms with Crippen LogP contribution in [-0.4, -0.2) is 45.9 Å². The third-order valence-corrected chi connectivity index (χ3v) is 4.50. The first kappa shape index (κ1) is 18.1. The molecule has 1 fully saturated rings. The maximum Gasteiger partial charge on any atom is 0.331 e. The number of hydrogen-bond donors (Lipinski definition) is 3. The highest BCUT2D eigenvalue weighted by molar-refractivity contribution is 5.75. The SMILES string of the molecule is O=C(Cn1c(=O)ccn(Cc2ccccc2)c1=O)NCC1CNCC1O. The molecule has 26 heavy (non-hydrogen) atoms. The molecular weight excluding hydrogens is 336 g/mol. The van der Waals surface area contributed by atoms with Crippen LogP contribution in [0.25, 0.3) is 0 Å². The van der Waals surface area contributed by atoms with Crippen molar-refractivity contribution in [1.82, 2.24) is 19.8 Å². The number of nitrogens with one attached hydrogen (secondary N) is 2. The summed E-state index contributed by atoms with van der Waals surface area (Å²) < 4.78 is 2.32. The Morgan fingerprint density at radius 2 is 1.96 bits per heavy atom. The molecule has 2 heterocycles. The van der Waals surface area contributed by atoms with Crippen LogP contribution < -0.4 is 21.9 Å². The summed E-state index contributed by atoms with van der Waals surface area (Å²) >= 11 is 0. The minimum absolute atomic E-state index is 0.0683. The quantitative estimate of drug-likeness (QED) is 0.599. The van der Waals surface area contributed by atoms with E-state index >= 15 is 0 Å². The normalized spacial score (nSPS) is 19.4. The van der Waals surface area contributed by atoms with Crippen LogP contribution in [0, 0.1) is 5.92 Å². The minimum Gasteiger partial charge on any atom is -0.391 e. The lowest BCUT2D eigenvalue weighted by molar-refractivity contribution is -0.122. The lowest BCUT2D eigenvalue weighted by Gasteiger charge is -2.14. The molecule has 1 aromatic carbocycles. The Morgan fingerprint density at radius 1 is 1.19 bits per heavy atom. The predicted molar refractivity (Wildman–Crippen MR) is 95.9 cm³/mol. The van der Waals surface area contributed by atoms with Crippen molar-refractivity contribution >= 4 is 5.91 Å². The lowest BCUT2D eigenvalue weighted by Crippen LogP contribution is -2.44. The molecule has 0 aliphatic carbocycles. The van der Waals surface area contributed by atoms with Gasteiger partial charge < -0.3 is 15.7 Å². The first-order valence-electron chi connectivity index (χ1n) is 8.54. The predicted octanol–water partition coefficient (Wildman–Crippen LogP) is -1.25. The van der Waals surface area contributed by atoms with Crippen LogP contribution in [0.5, 0.6) is 0 Å². The van der Waals surface area contributed by atoms with E-state index in [4.69, 9.17) is 0 Å². The summed E-state index contributed by atoms with van der Waals surface area (Å²) in [7, 11) is 0. The number of carbonyl (C=O) groups excluding carboxylic acids is 1. The van der Waals surface area contributed by atoms with Gasteiger partial charge in [-0.2, -0.15) is 0 Å². The van der Waals surface area contributed by atoms with E-state index in [-0.39, 0.29) is 12.5 Å². The van der Waals surface area contributed by atoms with E-state index in [9.17, 15) is 19.5 Å². The number of aliphatic hydroxyl groups excluding tert-OH is 1. The largest absolute Gasteiger partial charge is 0.391 e. The summed E-state index contributed by atoms with van der Waals surface area (Å²) in [6.45, 7) is 1.40. The fraction of sp³-hybridized carbons (Fsp3) is 0.389. The highest BCUT2D eigenvalue weighted by atomic mass is 16.3. The van der Waals surface area contributed by atoms with Crippen LogP contribution in [0.4, 0.5) is 0 Å². The standard InChI is InChI=1S/C18H22N4O4/c23-15-10-19-8-14(15)9-20-16(24)12-22-17(25)6-7-21(18(22)26)11-13-4-2-1-3-5-13/h1-7,14-15,19,23H,8-12H2,(H,20,24). The van der Waals surface area contributed by atoms with Gasteiger partial charge in [0.25, 0.3) is 5.56 Å². The second kappa shape index (κ2) is 8.11. The topological polar surface area (TPSA) is 105 Å². The zero-order valence-corrected chi connectivity index (χ0v) is 14.3. The van der Waals surface area contributed by atoms with Gasteiger partial charge in [0.1, 0.15) is 6.54 Å². The Balaban J connectivity index is 1.69. The van der Waals surface area contributed by atoms with Crippen molar-refractivity contribution in [3.05, 3.63) is 69.0 Å². The van der Waals surface area contributed by atoms with Crippen molar-refractivity contribution in [2.75, 3.05) is 19.6 Å². The van der Waals surface area contributed by atoms with E-state index in [0.717, 1.165) is 10.1 Å². The van der Waals surface area contributed by atoms with Gasteiger partial charge in [-0.1, -0.05) is 30.3 Å². The highest BCUT2D eigenvalue weighted by Gasteiger charge is 2.25. The molecule has 1 amide bonds. The fourth-order valence-corrected chi connectivity index (χ4v) is 2.97. The van der Waals surface area contributed by atoms with Crippen molar-refractivity contribution in [3.8, 4) is 0 Å². The molecule has 3 rings (SSSR count). The number of benzene rings is 1. The number of aliphatic hydroxyl groups is 1. The average Bonchev–Trinajstić information content (AvgIpc) is 3.05. The number of amides is 1. The van der Waals surface area contributed by atoms with Gasteiger partial charge in [0.05, 0.1) is 12.6 Å². The first-order valence-corrected chi connectivity index (χ1v) is 8.54. The van der Waals surface area contributed by atoms with Crippen LogP contribution in [0.1, 0.15) is 5.56 Å². The molecule has 138 valence electrons. The highest BCUT2D eigenvalue weighted by Crippen LogP contribution is 2.06. The third kappa shape index (κ3) is 4.27. The zero-order valence-electron chi connectivity index (χ0n) is 14.3. The number of nitrogens with zero attached hydrogens (tertiary/aromatic N) is 2. The van der Waals surface area contributed by atoms with Gasteiger partial charge in [-0.25, -0.2) is 4.79 Å². The smallest absolute Gasteiger partial charge is 0.331 e. The monoisotopic (exact) mass is 358 g/mol. The van der Waals surface area contributed by atoms with Crippen LogP contribution in [0.15, 0.2) is 52.2 Å². The Morgan fingerprint density at radius 3 is 2.65 bits per heavy atom. The summed E-state index contributed by atoms with van der Waals surface area (Å²) in [6, 6.07) is 10.7. The molecule has 3 N–H and O–H groups in total. The van der Waals surface area contributed by atoms with Crippen molar-refractivity contribution in [2.24, 2.45) is 5.92 Å². The number of aromatic nitrogens is 2. The maximum atomic E-state index is 12.5. The number of rotatable bonds is 6. The van der Waals surface area contributed by atoms with Gasteiger partial charge in [0.2, 0.25) is 5.91 Å². The molecule has 1 aromatic heterocycles. The van der Waals surface area contributed by atoms with Crippen molar-refractivity contribution in [1.29, 1.82) is 0 Å². The number of β-amino-alcohol motifs (C(OH)–C–C–N with tert-alkyl or cyclic N) is 1. The second-order valence-corrected chi connectivity index (χ2v) is 6.43. The second-order valence-electron chi connectivity index (χ2n) is 6.43. The first-order chi connectivity index (χ1) is 12.5. The Hall–Kier alpha value is -2.71. The molecule has 0 bridgehead atoms. The van der Waals surface area contributed by atoms with E-state index in [1.165, 1.54) is 16.8 Å². The average molecular weight is 358 g/mol. The van der Waals surface area contributed by atoms with Crippen LogP contribution >= 0.6 is 0 Å². The summed E-state index contributed by atoms with van der Waals surface area (Å²) in [4.78, 5) is 36.7. The molecule has 0 spiro atoms. The molecule has 1 aliphatic heterocycles.